The van der Waals surface area contributed by atoms with E-state index in [1.54, 1.807) is 0 Å². The van der Waals surface area contributed by atoms with Gasteiger partial charge in [0.15, 0.2) is 0 Å². The van der Waals surface area contributed by atoms with Crippen LogP contribution in [0.2, 0.25) is 0 Å². The number of hydrogen-bond acceptors (Lipinski definition) is 1. The maximum absolute atomic E-state index is 6.33. The fourth-order valence-corrected chi connectivity index (χ4v) is 3.39. The first-order chi connectivity index (χ1) is 10.3. The predicted molar refractivity (Wildman–Crippen MR) is 91.9 cm³/mol. The molecule has 4 rings (SSSR count). The molecule has 0 saturated carbocycles. The van der Waals surface area contributed by atoms with Crippen molar-refractivity contribution in [3.05, 3.63) is 72.8 Å². The quantitative estimate of drug-likeness (QED) is 0.404. The molecule has 1 nitrogen and oxygen atoms in total. The van der Waals surface area contributed by atoms with E-state index >= 15 is 0 Å². The Kier molecular flexibility index (Phi) is 2.69. The Bertz CT molecular complexity index is 936. The zero-order valence-electron chi connectivity index (χ0n) is 11.8. The van der Waals surface area contributed by atoms with Gasteiger partial charge in [0.05, 0.1) is 0 Å². The number of hydrogen-bond donors (Lipinski definition) is 1. The lowest BCUT2D eigenvalue weighted by molar-refractivity contribution is 0.749. The molecule has 0 bridgehead atoms. The van der Waals surface area contributed by atoms with Crippen molar-refractivity contribution in [2.45, 2.75) is 12.5 Å². The topological polar surface area (TPSA) is 26.0 Å². The van der Waals surface area contributed by atoms with E-state index in [4.69, 9.17) is 5.73 Å². The number of benzene rings is 4. The molecular formula is C20H17N. The van der Waals surface area contributed by atoms with Crippen LogP contribution >= 0.6 is 0 Å². The molecule has 0 aliphatic carbocycles. The van der Waals surface area contributed by atoms with Crippen LogP contribution in [0.5, 0.6) is 0 Å². The minimum Gasteiger partial charge on any atom is -0.324 e. The largest absolute Gasteiger partial charge is 0.324 e. The summed E-state index contributed by atoms with van der Waals surface area (Å²) in [6, 6.07) is 19.6. The molecule has 4 aromatic carbocycles. The summed E-state index contributed by atoms with van der Waals surface area (Å²) < 4.78 is 0. The van der Waals surface area contributed by atoms with Crippen LogP contribution in [-0.2, 0) is 0 Å². The van der Waals surface area contributed by atoms with Gasteiger partial charge in [-0.2, -0.15) is 0 Å². The van der Waals surface area contributed by atoms with Crippen molar-refractivity contribution in [3.8, 4) is 0 Å². The van der Waals surface area contributed by atoms with Gasteiger partial charge < -0.3 is 5.73 Å². The van der Waals surface area contributed by atoms with E-state index in [1.807, 2.05) is 6.08 Å². The van der Waals surface area contributed by atoms with E-state index in [1.165, 1.54) is 37.9 Å². The van der Waals surface area contributed by atoms with Crippen LogP contribution in [-0.4, -0.2) is 0 Å². The Morgan fingerprint density at radius 1 is 0.857 bits per heavy atom. The second-order valence-corrected chi connectivity index (χ2v) is 5.64. The van der Waals surface area contributed by atoms with Gasteiger partial charge in [0.2, 0.25) is 0 Å². The normalized spacial score (nSPS) is 13.2. The first-order valence-electron chi connectivity index (χ1n) is 7.32. The molecular weight excluding hydrogens is 254 g/mol. The average Bonchev–Trinajstić information content (AvgIpc) is 2.52. The Morgan fingerprint density at radius 3 is 2.19 bits per heavy atom. The van der Waals surface area contributed by atoms with Gasteiger partial charge in [0.1, 0.15) is 0 Å². The third-order valence-electron chi connectivity index (χ3n) is 4.38. The smallest absolute Gasteiger partial charge is 0.0335 e. The van der Waals surface area contributed by atoms with Gasteiger partial charge >= 0.3 is 0 Å². The Balaban J connectivity index is 2.17. The van der Waals surface area contributed by atoms with Crippen molar-refractivity contribution >= 4 is 32.3 Å². The standard InChI is InChI=1S/C20H17N/c1-2-4-18(21)16-11-9-15-8-7-13-5-3-6-14-10-12-17(16)20(15)19(13)14/h2-3,5-12,18H,1,4,21H2/t18-/m0/s1. The maximum Gasteiger partial charge on any atom is 0.0335 e. The van der Waals surface area contributed by atoms with Crippen LogP contribution in [0.15, 0.2) is 67.3 Å². The van der Waals surface area contributed by atoms with Crippen molar-refractivity contribution < 1.29 is 0 Å². The van der Waals surface area contributed by atoms with E-state index in [9.17, 15) is 0 Å². The lowest BCUT2D eigenvalue weighted by atomic mass is 9.89. The van der Waals surface area contributed by atoms with Crippen LogP contribution in [0.3, 0.4) is 0 Å². The second kappa shape index (κ2) is 4.57. The minimum absolute atomic E-state index is 0.00654. The summed E-state index contributed by atoms with van der Waals surface area (Å²) in [5.41, 5.74) is 7.54. The summed E-state index contributed by atoms with van der Waals surface area (Å²) in [4.78, 5) is 0. The Morgan fingerprint density at radius 2 is 1.48 bits per heavy atom. The molecule has 0 heterocycles. The molecule has 0 radical (unpaired) electrons. The van der Waals surface area contributed by atoms with Crippen LogP contribution in [0.25, 0.3) is 32.3 Å². The van der Waals surface area contributed by atoms with Crippen molar-refractivity contribution in [2.75, 3.05) is 0 Å². The maximum atomic E-state index is 6.33. The molecule has 0 unspecified atom stereocenters. The summed E-state index contributed by atoms with van der Waals surface area (Å²) in [5.74, 6) is 0. The molecule has 0 aliphatic heterocycles. The molecule has 0 fully saturated rings. The van der Waals surface area contributed by atoms with E-state index in [2.05, 4.69) is 61.2 Å². The highest BCUT2D eigenvalue weighted by atomic mass is 14.6. The highest BCUT2D eigenvalue weighted by Crippen LogP contribution is 2.37. The molecule has 1 heteroatoms. The first kappa shape index (κ1) is 12.4. The SMILES string of the molecule is C=CC[C@H](N)c1ccc2ccc3cccc4ccc1c2c34. The monoisotopic (exact) mass is 271 g/mol. The first-order valence-corrected chi connectivity index (χ1v) is 7.32. The van der Waals surface area contributed by atoms with Gasteiger partial charge in [-0.15, -0.1) is 6.58 Å². The highest BCUT2D eigenvalue weighted by Gasteiger charge is 2.13. The minimum atomic E-state index is 0.00654. The van der Waals surface area contributed by atoms with Crippen LogP contribution in [0.1, 0.15) is 18.0 Å². The Hall–Kier alpha value is -2.38. The van der Waals surface area contributed by atoms with Gasteiger partial charge in [-0.3, -0.25) is 0 Å². The van der Waals surface area contributed by atoms with E-state index in [0.717, 1.165) is 6.42 Å². The zero-order valence-corrected chi connectivity index (χ0v) is 11.8. The van der Waals surface area contributed by atoms with E-state index < -0.39 is 0 Å². The van der Waals surface area contributed by atoms with Gasteiger partial charge in [-0.05, 0) is 44.3 Å². The molecule has 0 amide bonds. The van der Waals surface area contributed by atoms with Crippen molar-refractivity contribution in [3.63, 3.8) is 0 Å². The van der Waals surface area contributed by atoms with Crippen LogP contribution in [0.4, 0.5) is 0 Å². The molecule has 0 aliphatic rings. The van der Waals surface area contributed by atoms with E-state index in [0.29, 0.717) is 0 Å². The molecule has 0 spiro atoms. The summed E-state index contributed by atoms with van der Waals surface area (Å²) in [6.07, 6.45) is 2.69. The van der Waals surface area contributed by atoms with Crippen LogP contribution in [0, 0.1) is 0 Å². The molecule has 0 saturated heterocycles. The van der Waals surface area contributed by atoms with Gasteiger partial charge in [-0.1, -0.05) is 60.7 Å². The Labute approximate surface area is 124 Å². The third kappa shape index (κ3) is 1.75. The summed E-state index contributed by atoms with van der Waals surface area (Å²) in [6.45, 7) is 3.81. The lowest BCUT2D eigenvalue weighted by Crippen LogP contribution is -2.09. The van der Waals surface area contributed by atoms with Gasteiger partial charge in [0, 0.05) is 6.04 Å². The predicted octanol–water partition coefficient (Wildman–Crippen LogP) is 5.16. The fraction of sp³-hybridized carbons (Fsp3) is 0.100. The van der Waals surface area contributed by atoms with Crippen molar-refractivity contribution in [1.82, 2.24) is 0 Å². The van der Waals surface area contributed by atoms with Gasteiger partial charge in [-0.25, -0.2) is 0 Å². The third-order valence-corrected chi connectivity index (χ3v) is 4.38. The zero-order chi connectivity index (χ0) is 14.4. The molecule has 0 aromatic heterocycles. The lowest BCUT2D eigenvalue weighted by Gasteiger charge is -2.17. The van der Waals surface area contributed by atoms with Gasteiger partial charge in [0.25, 0.3) is 0 Å². The molecule has 4 aromatic rings. The average molecular weight is 271 g/mol. The van der Waals surface area contributed by atoms with Crippen molar-refractivity contribution in [2.24, 2.45) is 5.73 Å². The molecule has 102 valence electrons. The fourth-order valence-electron chi connectivity index (χ4n) is 3.39. The van der Waals surface area contributed by atoms with Crippen LogP contribution < -0.4 is 5.73 Å². The number of rotatable bonds is 3. The van der Waals surface area contributed by atoms with E-state index in [-0.39, 0.29) is 6.04 Å². The molecule has 2 N–H and O–H groups in total. The molecule has 21 heavy (non-hydrogen) atoms. The second-order valence-electron chi connectivity index (χ2n) is 5.64. The van der Waals surface area contributed by atoms with Crippen molar-refractivity contribution in [1.29, 1.82) is 0 Å². The molecule has 1 atom stereocenters. The highest BCUT2D eigenvalue weighted by molar-refractivity contribution is 6.23. The summed E-state index contributed by atoms with van der Waals surface area (Å²) in [7, 11) is 0. The summed E-state index contributed by atoms with van der Waals surface area (Å²) in [5, 5.41) is 7.82. The number of nitrogens with two attached hydrogens (primary N) is 1. The summed E-state index contributed by atoms with van der Waals surface area (Å²) >= 11 is 0.